The van der Waals surface area contributed by atoms with Crippen molar-refractivity contribution in [2.75, 3.05) is 6.61 Å². The lowest BCUT2D eigenvalue weighted by Crippen LogP contribution is -2.41. The van der Waals surface area contributed by atoms with Gasteiger partial charge in [-0.3, -0.25) is 4.68 Å². The van der Waals surface area contributed by atoms with Gasteiger partial charge in [0.05, 0.1) is 24.5 Å². The number of hydrogen-bond acceptors (Lipinski definition) is 4. The Labute approximate surface area is 107 Å². The number of aryl methyl sites for hydroxylation is 1. The minimum Gasteiger partial charge on any atom is -0.462 e. The normalized spacial score (nSPS) is 19.7. The summed E-state index contributed by atoms with van der Waals surface area (Å²) < 4.78 is 7.15. The number of nitrogens with zero attached hydrogens (tertiary/aromatic N) is 2. The summed E-state index contributed by atoms with van der Waals surface area (Å²) in [7, 11) is 0. The number of fused-ring (bicyclic) bond motifs is 1. The van der Waals surface area contributed by atoms with Crippen LogP contribution in [0, 0.1) is 0 Å². The zero-order valence-electron chi connectivity index (χ0n) is 11.0. The standard InChI is InChI=1S/C13H19N3O2/c1-3-9-11(12(17)18-4-2)10-7-14-13(5-6-13)8-16(10)15-9/h14H,3-8H2,1-2H3. The molecule has 0 bridgehead atoms. The molecule has 0 saturated heterocycles. The Morgan fingerprint density at radius 2 is 2.28 bits per heavy atom. The topological polar surface area (TPSA) is 56.1 Å². The first-order valence-corrected chi connectivity index (χ1v) is 6.70. The smallest absolute Gasteiger partial charge is 0.341 e. The number of carbonyl (C=O) groups is 1. The van der Waals surface area contributed by atoms with Gasteiger partial charge in [-0.05, 0) is 26.2 Å². The third-order valence-electron chi connectivity index (χ3n) is 3.88. The summed E-state index contributed by atoms with van der Waals surface area (Å²) >= 11 is 0. The third kappa shape index (κ3) is 1.73. The van der Waals surface area contributed by atoms with Crippen LogP contribution in [-0.2, 0) is 24.2 Å². The fourth-order valence-corrected chi connectivity index (χ4v) is 2.65. The van der Waals surface area contributed by atoms with Gasteiger partial charge in [-0.1, -0.05) is 6.92 Å². The number of esters is 1. The van der Waals surface area contributed by atoms with Gasteiger partial charge in [0, 0.05) is 12.1 Å². The molecule has 0 amide bonds. The molecule has 98 valence electrons. The Hall–Kier alpha value is -1.36. The highest BCUT2D eigenvalue weighted by Gasteiger charge is 2.46. The van der Waals surface area contributed by atoms with Crippen molar-refractivity contribution in [1.82, 2.24) is 15.1 Å². The molecule has 3 rings (SSSR count). The van der Waals surface area contributed by atoms with Gasteiger partial charge in [-0.2, -0.15) is 5.10 Å². The highest BCUT2D eigenvalue weighted by atomic mass is 16.5. The summed E-state index contributed by atoms with van der Waals surface area (Å²) in [6.45, 7) is 5.87. The van der Waals surface area contributed by atoms with Crippen molar-refractivity contribution in [3.8, 4) is 0 Å². The van der Waals surface area contributed by atoms with E-state index in [0.717, 1.165) is 30.9 Å². The summed E-state index contributed by atoms with van der Waals surface area (Å²) in [5.74, 6) is -0.232. The predicted octanol–water partition coefficient (Wildman–Crippen LogP) is 1.26. The van der Waals surface area contributed by atoms with Gasteiger partial charge < -0.3 is 10.1 Å². The van der Waals surface area contributed by atoms with E-state index in [1.807, 2.05) is 18.5 Å². The molecule has 1 fully saturated rings. The Bertz CT molecular complexity index is 489. The minimum absolute atomic E-state index is 0.232. The molecule has 0 aromatic carbocycles. The average molecular weight is 249 g/mol. The molecule has 0 unspecified atom stereocenters. The van der Waals surface area contributed by atoms with Gasteiger partial charge in [-0.15, -0.1) is 0 Å². The number of nitrogens with one attached hydrogen (secondary N) is 1. The van der Waals surface area contributed by atoms with Crippen molar-refractivity contribution in [3.05, 3.63) is 17.0 Å². The van der Waals surface area contributed by atoms with Crippen LogP contribution in [0.15, 0.2) is 0 Å². The third-order valence-corrected chi connectivity index (χ3v) is 3.88. The predicted molar refractivity (Wildman–Crippen MR) is 66.4 cm³/mol. The maximum atomic E-state index is 12.0. The average Bonchev–Trinajstić information content (AvgIpc) is 3.00. The van der Waals surface area contributed by atoms with Crippen LogP contribution in [0.5, 0.6) is 0 Å². The largest absolute Gasteiger partial charge is 0.462 e. The lowest BCUT2D eigenvalue weighted by molar-refractivity contribution is 0.0523. The molecule has 1 N–H and O–H groups in total. The number of rotatable bonds is 3. The lowest BCUT2D eigenvalue weighted by Gasteiger charge is -2.25. The molecule has 18 heavy (non-hydrogen) atoms. The van der Waals surface area contributed by atoms with E-state index < -0.39 is 0 Å². The van der Waals surface area contributed by atoms with Crippen LogP contribution in [0.2, 0.25) is 0 Å². The monoisotopic (exact) mass is 249 g/mol. The first-order valence-electron chi connectivity index (χ1n) is 6.70. The number of hydrogen-bond donors (Lipinski definition) is 1. The second-order valence-corrected chi connectivity index (χ2v) is 5.13. The molecule has 1 saturated carbocycles. The molecular formula is C13H19N3O2. The summed E-state index contributed by atoms with van der Waals surface area (Å²) in [5.41, 5.74) is 2.80. The summed E-state index contributed by atoms with van der Waals surface area (Å²) in [4.78, 5) is 12.0. The van der Waals surface area contributed by atoms with Crippen molar-refractivity contribution in [3.63, 3.8) is 0 Å². The Morgan fingerprint density at radius 1 is 1.50 bits per heavy atom. The quantitative estimate of drug-likeness (QED) is 0.819. The van der Waals surface area contributed by atoms with E-state index in [2.05, 4.69) is 10.4 Å². The molecule has 1 aliphatic carbocycles. The van der Waals surface area contributed by atoms with E-state index in [1.54, 1.807) is 0 Å². The zero-order chi connectivity index (χ0) is 12.8. The minimum atomic E-state index is -0.232. The van der Waals surface area contributed by atoms with Crippen LogP contribution in [0.4, 0.5) is 0 Å². The molecule has 2 aliphatic rings. The number of aromatic nitrogens is 2. The van der Waals surface area contributed by atoms with Crippen molar-refractivity contribution in [2.45, 2.75) is 51.7 Å². The first-order chi connectivity index (χ1) is 8.69. The van der Waals surface area contributed by atoms with Crippen LogP contribution in [0.3, 0.4) is 0 Å². The molecular weight excluding hydrogens is 230 g/mol. The zero-order valence-corrected chi connectivity index (χ0v) is 11.0. The summed E-state index contributed by atoms with van der Waals surface area (Å²) in [6, 6.07) is 0. The molecule has 1 spiro atoms. The van der Waals surface area contributed by atoms with E-state index in [-0.39, 0.29) is 11.5 Å². The van der Waals surface area contributed by atoms with Crippen molar-refractivity contribution in [2.24, 2.45) is 0 Å². The number of carbonyl (C=O) groups excluding carboxylic acids is 1. The Kier molecular flexibility index (Phi) is 2.66. The Balaban J connectivity index is 1.97. The van der Waals surface area contributed by atoms with Crippen molar-refractivity contribution >= 4 is 5.97 Å². The molecule has 1 aromatic rings. The van der Waals surface area contributed by atoms with Crippen LogP contribution in [0.25, 0.3) is 0 Å². The van der Waals surface area contributed by atoms with Gasteiger partial charge in [-0.25, -0.2) is 4.79 Å². The highest BCUT2D eigenvalue weighted by Crippen LogP contribution is 2.40. The van der Waals surface area contributed by atoms with Gasteiger partial charge in [0.25, 0.3) is 0 Å². The molecule has 2 heterocycles. The van der Waals surface area contributed by atoms with Crippen molar-refractivity contribution < 1.29 is 9.53 Å². The number of ether oxygens (including phenoxy) is 1. The van der Waals surface area contributed by atoms with Gasteiger partial charge in [0.15, 0.2) is 0 Å². The molecule has 5 nitrogen and oxygen atoms in total. The second-order valence-electron chi connectivity index (χ2n) is 5.13. The molecule has 1 aliphatic heterocycles. The molecule has 1 aromatic heterocycles. The Morgan fingerprint density at radius 3 is 2.89 bits per heavy atom. The second kappa shape index (κ2) is 4.09. The fourth-order valence-electron chi connectivity index (χ4n) is 2.65. The SMILES string of the molecule is CCOC(=O)c1c(CC)nn2c1CNC1(CC1)C2. The first kappa shape index (κ1) is 11.7. The molecule has 0 radical (unpaired) electrons. The van der Waals surface area contributed by atoms with Crippen LogP contribution < -0.4 is 5.32 Å². The summed E-state index contributed by atoms with van der Waals surface area (Å²) in [6.07, 6.45) is 3.19. The maximum absolute atomic E-state index is 12.0. The fraction of sp³-hybridized carbons (Fsp3) is 0.692. The van der Waals surface area contributed by atoms with Crippen LogP contribution in [-0.4, -0.2) is 27.9 Å². The summed E-state index contributed by atoms with van der Waals surface area (Å²) in [5, 5.41) is 8.12. The van der Waals surface area contributed by atoms with E-state index in [9.17, 15) is 4.79 Å². The van der Waals surface area contributed by atoms with E-state index in [0.29, 0.717) is 12.2 Å². The van der Waals surface area contributed by atoms with E-state index >= 15 is 0 Å². The van der Waals surface area contributed by atoms with Crippen LogP contribution >= 0.6 is 0 Å². The maximum Gasteiger partial charge on any atom is 0.341 e. The highest BCUT2D eigenvalue weighted by molar-refractivity contribution is 5.92. The van der Waals surface area contributed by atoms with E-state index in [1.165, 1.54) is 12.8 Å². The van der Waals surface area contributed by atoms with E-state index in [4.69, 9.17) is 4.74 Å². The van der Waals surface area contributed by atoms with Gasteiger partial charge in [0.2, 0.25) is 0 Å². The van der Waals surface area contributed by atoms with Gasteiger partial charge in [0.1, 0.15) is 5.56 Å². The molecule has 5 heteroatoms. The van der Waals surface area contributed by atoms with Gasteiger partial charge >= 0.3 is 5.97 Å². The lowest BCUT2D eigenvalue weighted by atomic mass is 10.1. The van der Waals surface area contributed by atoms with Crippen molar-refractivity contribution in [1.29, 1.82) is 0 Å². The molecule has 0 atom stereocenters. The van der Waals surface area contributed by atoms with Crippen LogP contribution in [0.1, 0.15) is 48.4 Å².